The molecule has 0 fully saturated rings. The number of hydrogen-bond acceptors (Lipinski definition) is 8. The largest absolute Gasteiger partial charge is 0.495 e. The molecular formula is C23H20N6O2S. The van der Waals surface area contributed by atoms with Crippen molar-refractivity contribution < 1.29 is 9.53 Å². The molecular weight excluding hydrogens is 424 g/mol. The predicted molar refractivity (Wildman–Crippen MR) is 126 cm³/mol. The number of nitrogens with one attached hydrogen (secondary N) is 1. The summed E-state index contributed by atoms with van der Waals surface area (Å²) in [6, 6.07) is 11.9. The molecule has 0 aliphatic heterocycles. The number of rotatable bonds is 8. The van der Waals surface area contributed by atoms with E-state index in [1.165, 1.54) is 5.37 Å². The van der Waals surface area contributed by atoms with Crippen molar-refractivity contribution in [3.8, 4) is 5.75 Å². The van der Waals surface area contributed by atoms with Crippen molar-refractivity contribution in [1.82, 2.24) is 19.6 Å². The lowest BCUT2D eigenvalue weighted by Crippen LogP contribution is -2.27. The van der Waals surface area contributed by atoms with Gasteiger partial charge in [-0.15, -0.1) is 0 Å². The molecule has 1 unspecified atom stereocenters. The molecule has 0 aliphatic carbocycles. The Hall–Kier alpha value is -4.11. The van der Waals surface area contributed by atoms with Gasteiger partial charge in [-0.2, -0.15) is 5.10 Å². The van der Waals surface area contributed by atoms with E-state index in [2.05, 4.69) is 20.4 Å². The number of hydrogen-bond donors (Lipinski definition) is 2. The molecule has 3 N–H and O–H groups in total. The summed E-state index contributed by atoms with van der Waals surface area (Å²) >= 11 is 5.17. The summed E-state index contributed by atoms with van der Waals surface area (Å²) in [5.41, 5.74) is 9.46. The topological polar surface area (TPSA) is 107 Å². The highest BCUT2D eigenvalue weighted by molar-refractivity contribution is 7.79. The second-order valence-corrected chi connectivity index (χ2v) is 7.11. The van der Waals surface area contributed by atoms with Gasteiger partial charge >= 0.3 is 0 Å². The molecule has 0 spiro atoms. The minimum Gasteiger partial charge on any atom is -0.495 e. The van der Waals surface area contributed by atoms with Gasteiger partial charge in [-0.1, -0.05) is 18.3 Å². The van der Waals surface area contributed by atoms with Gasteiger partial charge in [0.15, 0.2) is 0 Å². The summed E-state index contributed by atoms with van der Waals surface area (Å²) in [6.45, 7) is 0. The van der Waals surface area contributed by atoms with Crippen LogP contribution in [-0.2, 0) is 4.79 Å². The SMILES string of the molecule is COc1cncc(NC(C(=O)C(N)=C(C=S)c2ccncc2)c2cc3ccccn3n2)c1. The second kappa shape index (κ2) is 9.36. The van der Waals surface area contributed by atoms with Gasteiger partial charge in [0.2, 0.25) is 5.78 Å². The van der Waals surface area contributed by atoms with Gasteiger partial charge in [0.05, 0.1) is 42.1 Å². The molecule has 4 aromatic heterocycles. The molecule has 4 aromatic rings. The Bertz CT molecular complexity index is 1270. The third-order valence-corrected chi connectivity index (χ3v) is 5.11. The molecule has 0 saturated heterocycles. The zero-order valence-corrected chi connectivity index (χ0v) is 18.0. The molecule has 1 atom stereocenters. The Morgan fingerprint density at radius 1 is 1.19 bits per heavy atom. The molecule has 0 bridgehead atoms. The highest BCUT2D eigenvalue weighted by Gasteiger charge is 2.27. The summed E-state index contributed by atoms with van der Waals surface area (Å²) < 4.78 is 6.94. The monoisotopic (exact) mass is 444 g/mol. The summed E-state index contributed by atoms with van der Waals surface area (Å²) in [6.07, 6.45) is 8.22. The van der Waals surface area contributed by atoms with Crippen molar-refractivity contribution in [2.24, 2.45) is 5.73 Å². The second-order valence-electron chi connectivity index (χ2n) is 6.88. The van der Waals surface area contributed by atoms with Crippen LogP contribution >= 0.6 is 12.2 Å². The van der Waals surface area contributed by atoms with Gasteiger partial charge < -0.3 is 15.8 Å². The normalized spacial score (nSPS) is 12.7. The smallest absolute Gasteiger partial charge is 0.207 e. The van der Waals surface area contributed by atoms with Gasteiger partial charge in [-0.3, -0.25) is 14.8 Å². The summed E-state index contributed by atoms with van der Waals surface area (Å²) in [5.74, 6) is 0.181. The van der Waals surface area contributed by atoms with Crippen molar-refractivity contribution in [3.63, 3.8) is 0 Å². The van der Waals surface area contributed by atoms with E-state index in [0.717, 1.165) is 5.52 Å². The minimum absolute atomic E-state index is 0.0246. The Morgan fingerprint density at radius 3 is 2.72 bits per heavy atom. The number of anilines is 1. The Kier molecular flexibility index (Phi) is 6.18. The first-order valence-electron chi connectivity index (χ1n) is 9.70. The van der Waals surface area contributed by atoms with E-state index in [-0.39, 0.29) is 11.5 Å². The van der Waals surface area contributed by atoms with Crippen molar-refractivity contribution in [1.29, 1.82) is 0 Å². The number of fused-ring (bicyclic) bond motifs is 1. The van der Waals surface area contributed by atoms with Crippen LogP contribution in [0.2, 0.25) is 0 Å². The Balaban J connectivity index is 1.79. The van der Waals surface area contributed by atoms with Crippen LogP contribution in [-0.4, -0.2) is 37.8 Å². The number of carbonyl (C=O) groups is 1. The van der Waals surface area contributed by atoms with Crippen LogP contribution in [0, 0.1) is 0 Å². The Morgan fingerprint density at radius 2 is 2.00 bits per heavy atom. The number of nitrogens with two attached hydrogens (primary N) is 1. The number of methoxy groups -OCH3 is 1. The van der Waals surface area contributed by atoms with Crippen LogP contribution in [0.15, 0.2) is 79.1 Å². The zero-order valence-electron chi connectivity index (χ0n) is 17.2. The average molecular weight is 445 g/mol. The number of aromatic nitrogens is 4. The predicted octanol–water partition coefficient (Wildman–Crippen LogP) is 3.22. The van der Waals surface area contributed by atoms with E-state index >= 15 is 0 Å². The van der Waals surface area contributed by atoms with Gasteiger partial charge in [0.25, 0.3) is 0 Å². The number of nitrogens with zero attached hydrogens (tertiary/aromatic N) is 4. The molecule has 8 nitrogen and oxygen atoms in total. The van der Waals surface area contributed by atoms with Crippen molar-refractivity contribution in [2.75, 3.05) is 12.4 Å². The minimum atomic E-state index is -0.879. The molecule has 0 amide bonds. The first kappa shape index (κ1) is 21.1. The lowest BCUT2D eigenvalue weighted by atomic mass is 9.99. The van der Waals surface area contributed by atoms with Crippen LogP contribution in [0.1, 0.15) is 17.3 Å². The molecule has 9 heteroatoms. The van der Waals surface area contributed by atoms with Gasteiger partial charge in [0, 0.05) is 35.6 Å². The van der Waals surface area contributed by atoms with Gasteiger partial charge in [0.1, 0.15) is 11.8 Å². The lowest BCUT2D eigenvalue weighted by molar-refractivity contribution is -0.116. The highest BCUT2D eigenvalue weighted by Crippen LogP contribution is 2.26. The van der Waals surface area contributed by atoms with Crippen LogP contribution in [0.3, 0.4) is 0 Å². The zero-order chi connectivity index (χ0) is 22.5. The number of carbonyl (C=O) groups excluding carboxylic acids is 1. The summed E-state index contributed by atoms with van der Waals surface area (Å²) in [4.78, 5) is 21.8. The number of ether oxygens (including phenoxy) is 1. The van der Waals surface area contributed by atoms with Crippen molar-refractivity contribution in [2.45, 2.75) is 6.04 Å². The molecule has 0 saturated carbocycles. The van der Waals surface area contributed by atoms with Crippen LogP contribution in [0.4, 0.5) is 5.69 Å². The first-order valence-corrected chi connectivity index (χ1v) is 10.2. The lowest BCUT2D eigenvalue weighted by Gasteiger charge is -2.18. The van der Waals surface area contributed by atoms with Gasteiger partial charge in [-0.25, -0.2) is 4.52 Å². The maximum atomic E-state index is 13.6. The van der Waals surface area contributed by atoms with Crippen molar-refractivity contribution >= 4 is 40.1 Å². The van der Waals surface area contributed by atoms with E-state index in [1.807, 2.05) is 30.5 Å². The summed E-state index contributed by atoms with van der Waals surface area (Å²) in [5, 5.41) is 9.17. The van der Waals surface area contributed by atoms with E-state index in [4.69, 9.17) is 22.7 Å². The fourth-order valence-electron chi connectivity index (χ4n) is 3.26. The standard InChI is InChI=1S/C23H20N6O2S/c1-31-18-10-16(12-26-13-18)27-22(20-11-17-4-2-3-9-29(17)28-20)23(30)21(24)19(14-32)15-5-7-25-8-6-15/h2-14,22,27H,24H2,1H3. The van der Waals surface area contributed by atoms with E-state index in [9.17, 15) is 4.79 Å². The maximum absolute atomic E-state index is 13.6. The molecule has 4 rings (SSSR count). The van der Waals surface area contributed by atoms with Crippen LogP contribution < -0.4 is 15.8 Å². The average Bonchev–Trinajstić information content (AvgIpc) is 3.27. The fourth-order valence-corrected chi connectivity index (χ4v) is 3.52. The third kappa shape index (κ3) is 4.33. The fraction of sp³-hybridized carbons (Fsp3) is 0.0870. The number of allylic oxidation sites excluding steroid dienone is 1. The van der Waals surface area contributed by atoms with Crippen molar-refractivity contribution in [3.05, 3.63) is 90.4 Å². The first-order chi connectivity index (χ1) is 15.6. The number of thiocarbonyl (C=S) groups is 1. The Labute approximate surface area is 189 Å². The molecule has 4 heterocycles. The number of ketones is 1. The van der Waals surface area contributed by atoms with Crippen LogP contribution in [0.5, 0.6) is 5.75 Å². The van der Waals surface area contributed by atoms with Crippen LogP contribution in [0.25, 0.3) is 11.1 Å². The molecule has 160 valence electrons. The van der Waals surface area contributed by atoms with E-state index in [1.54, 1.807) is 54.6 Å². The van der Waals surface area contributed by atoms with Gasteiger partial charge in [-0.05, 0) is 35.9 Å². The number of Topliss-reactive ketones (excluding diaryl/α,β-unsaturated/α-hetero) is 1. The molecule has 0 aliphatic rings. The molecule has 0 aromatic carbocycles. The summed E-state index contributed by atoms with van der Waals surface area (Å²) in [7, 11) is 1.55. The third-order valence-electron chi connectivity index (χ3n) is 4.87. The molecule has 0 radical (unpaired) electrons. The highest BCUT2D eigenvalue weighted by atomic mass is 32.1. The number of pyridine rings is 3. The molecule has 32 heavy (non-hydrogen) atoms. The van der Waals surface area contributed by atoms with E-state index < -0.39 is 6.04 Å². The quantitative estimate of drug-likeness (QED) is 0.315. The van der Waals surface area contributed by atoms with E-state index in [0.29, 0.717) is 28.3 Å². The maximum Gasteiger partial charge on any atom is 0.207 e.